The number of thioether (sulfide) groups is 1. The molecule has 1 saturated heterocycles. The van der Waals surface area contributed by atoms with Gasteiger partial charge in [-0.15, -0.1) is 0 Å². The number of imidazole rings is 1. The maximum absolute atomic E-state index is 12.6. The number of aryl methyl sites for hydroxylation is 1. The third kappa shape index (κ3) is 4.91. The number of primary amides is 1. The number of fused-ring (bicyclic) bond motifs is 1. The first-order valence-corrected chi connectivity index (χ1v) is 11.5. The normalized spacial score (nSPS) is 16.6. The minimum Gasteiger partial charge on any atom is -0.368 e. The zero-order valence-electron chi connectivity index (χ0n) is 17.6. The van der Waals surface area contributed by atoms with E-state index in [9.17, 15) is 9.59 Å². The number of carbonyl (C=O) groups excluding carboxylic acids is 2. The van der Waals surface area contributed by atoms with Crippen LogP contribution in [0.5, 0.6) is 0 Å². The Balaban J connectivity index is 1.37. The summed E-state index contributed by atoms with van der Waals surface area (Å²) in [6, 6.07) is 15.6. The Morgan fingerprint density at radius 1 is 1.23 bits per heavy atom. The van der Waals surface area contributed by atoms with Crippen molar-refractivity contribution in [2.45, 2.75) is 44.1 Å². The van der Waals surface area contributed by atoms with Crippen LogP contribution in [-0.4, -0.2) is 44.6 Å². The number of likely N-dealkylation sites (tertiary alicyclic amines) is 1. The Morgan fingerprint density at radius 2 is 2.06 bits per heavy atom. The van der Waals surface area contributed by atoms with Crippen LogP contribution in [0.15, 0.2) is 53.7 Å². The van der Waals surface area contributed by atoms with E-state index in [1.54, 1.807) is 0 Å². The maximum atomic E-state index is 12.6. The number of hydrogen-bond donors (Lipinski definition) is 2. The molecule has 0 radical (unpaired) electrons. The van der Waals surface area contributed by atoms with E-state index in [0.717, 1.165) is 53.4 Å². The van der Waals surface area contributed by atoms with Crippen LogP contribution < -0.4 is 11.1 Å². The molecule has 0 aliphatic carbocycles. The van der Waals surface area contributed by atoms with Gasteiger partial charge < -0.3 is 15.6 Å². The quantitative estimate of drug-likeness (QED) is 0.528. The molecule has 0 spiro atoms. The molecule has 31 heavy (non-hydrogen) atoms. The van der Waals surface area contributed by atoms with Crippen LogP contribution in [0.4, 0.5) is 5.69 Å². The topological polar surface area (TPSA) is 93.3 Å². The second-order valence-corrected chi connectivity index (χ2v) is 8.64. The van der Waals surface area contributed by atoms with Crippen LogP contribution in [0.25, 0.3) is 11.0 Å². The van der Waals surface area contributed by atoms with Crippen LogP contribution in [0.1, 0.15) is 25.3 Å². The van der Waals surface area contributed by atoms with Gasteiger partial charge in [0, 0.05) is 18.8 Å². The predicted molar refractivity (Wildman–Crippen MR) is 124 cm³/mol. The first kappa shape index (κ1) is 21.4. The van der Waals surface area contributed by atoms with Gasteiger partial charge in [0.2, 0.25) is 11.8 Å². The lowest BCUT2D eigenvalue weighted by Crippen LogP contribution is -2.39. The minimum absolute atomic E-state index is 0.0759. The molecule has 2 heterocycles. The number of amides is 2. The molecule has 3 N–H and O–H groups in total. The summed E-state index contributed by atoms with van der Waals surface area (Å²) in [6.07, 6.45) is 1.79. The monoisotopic (exact) mass is 437 g/mol. The fraction of sp³-hybridized carbons (Fsp3) is 0.348. The van der Waals surface area contributed by atoms with Crippen LogP contribution >= 0.6 is 11.8 Å². The zero-order chi connectivity index (χ0) is 21.8. The molecule has 1 fully saturated rings. The van der Waals surface area contributed by atoms with Gasteiger partial charge in [0.05, 0.1) is 22.8 Å². The number of aromatic nitrogens is 2. The standard InChI is InChI=1S/C23H27N5O2S/c1-2-28-19-10-4-3-9-18(19)26-23(28)31-15-21(29)25-17-8-5-7-16(13-17)14-27-12-6-11-20(27)22(24)30/h3-5,7-10,13,20H,2,6,11-12,14-15H2,1H3,(H2,24,30)(H,25,29). The smallest absolute Gasteiger partial charge is 0.234 e. The van der Waals surface area contributed by atoms with E-state index in [1.807, 2.05) is 48.5 Å². The number of anilines is 1. The van der Waals surface area contributed by atoms with E-state index in [0.29, 0.717) is 6.54 Å². The highest BCUT2D eigenvalue weighted by Gasteiger charge is 2.28. The molecule has 1 aliphatic rings. The van der Waals surface area contributed by atoms with Gasteiger partial charge >= 0.3 is 0 Å². The lowest BCUT2D eigenvalue weighted by atomic mass is 10.1. The van der Waals surface area contributed by atoms with Gasteiger partial charge in [-0.05, 0) is 56.1 Å². The second-order valence-electron chi connectivity index (χ2n) is 7.70. The number of nitrogens with one attached hydrogen (secondary N) is 1. The van der Waals surface area contributed by atoms with E-state index in [-0.39, 0.29) is 23.6 Å². The van der Waals surface area contributed by atoms with Crippen molar-refractivity contribution in [3.8, 4) is 0 Å². The highest BCUT2D eigenvalue weighted by molar-refractivity contribution is 7.99. The Bertz CT molecular complexity index is 1100. The Kier molecular flexibility index (Phi) is 6.58. The van der Waals surface area contributed by atoms with Gasteiger partial charge in [-0.3, -0.25) is 14.5 Å². The number of nitrogens with zero attached hydrogens (tertiary/aromatic N) is 3. The van der Waals surface area contributed by atoms with Crippen LogP contribution in [0.2, 0.25) is 0 Å². The average Bonchev–Trinajstić information content (AvgIpc) is 3.36. The number of para-hydroxylation sites is 2. The first-order chi connectivity index (χ1) is 15.0. The molecule has 0 bridgehead atoms. The van der Waals surface area contributed by atoms with Gasteiger partial charge in [0.1, 0.15) is 0 Å². The number of carbonyl (C=O) groups is 2. The minimum atomic E-state index is -0.267. The molecule has 1 atom stereocenters. The lowest BCUT2D eigenvalue weighted by Gasteiger charge is -2.22. The van der Waals surface area contributed by atoms with Gasteiger partial charge in [0.15, 0.2) is 5.16 Å². The van der Waals surface area contributed by atoms with E-state index >= 15 is 0 Å². The van der Waals surface area contributed by atoms with Gasteiger partial charge in [-0.25, -0.2) is 4.98 Å². The highest BCUT2D eigenvalue weighted by atomic mass is 32.2. The van der Waals surface area contributed by atoms with Crippen LogP contribution in [-0.2, 0) is 22.7 Å². The maximum Gasteiger partial charge on any atom is 0.234 e. The van der Waals surface area contributed by atoms with Crippen molar-refractivity contribution in [2.75, 3.05) is 17.6 Å². The van der Waals surface area contributed by atoms with Gasteiger partial charge in [-0.1, -0.05) is 36.0 Å². The van der Waals surface area contributed by atoms with Gasteiger partial charge in [-0.2, -0.15) is 0 Å². The molecule has 162 valence electrons. The molecular weight excluding hydrogens is 410 g/mol. The van der Waals surface area contributed by atoms with E-state index in [2.05, 4.69) is 26.7 Å². The molecule has 0 saturated carbocycles. The van der Waals surface area contributed by atoms with Crippen molar-refractivity contribution in [2.24, 2.45) is 5.73 Å². The summed E-state index contributed by atoms with van der Waals surface area (Å²) >= 11 is 1.44. The number of hydrogen-bond acceptors (Lipinski definition) is 5. The molecule has 1 aliphatic heterocycles. The average molecular weight is 438 g/mol. The molecule has 2 aromatic carbocycles. The summed E-state index contributed by atoms with van der Waals surface area (Å²) in [5, 5.41) is 3.82. The SMILES string of the molecule is CCn1c(SCC(=O)Nc2cccc(CN3CCCC3C(N)=O)c2)nc2ccccc21. The Hall–Kier alpha value is -2.84. The third-order valence-corrected chi connectivity index (χ3v) is 6.53. The summed E-state index contributed by atoms with van der Waals surface area (Å²) in [5.74, 6) is -0.0613. The molecule has 1 unspecified atom stereocenters. The Morgan fingerprint density at radius 3 is 2.87 bits per heavy atom. The summed E-state index contributed by atoms with van der Waals surface area (Å²) in [4.78, 5) is 30.9. The fourth-order valence-electron chi connectivity index (χ4n) is 4.12. The van der Waals surface area contributed by atoms with Crippen LogP contribution in [0, 0.1) is 0 Å². The summed E-state index contributed by atoms with van der Waals surface area (Å²) in [6.45, 7) is 4.38. The first-order valence-electron chi connectivity index (χ1n) is 10.6. The predicted octanol–water partition coefficient (Wildman–Crippen LogP) is 3.24. The van der Waals surface area contributed by atoms with Crippen molar-refractivity contribution in [1.82, 2.24) is 14.5 Å². The number of rotatable bonds is 8. The fourth-order valence-corrected chi connectivity index (χ4v) is 4.99. The summed E-state index contributed by atoms with van der Waals surface area (Å²) < 4.78 is 2.12. The van der Waals surface area contributed by atoms with Crippen molar-refractivity contribution in [3.63, 3.8) is 0 Å². The Labute approximate surface area is 186 Å². The zero-order valence-corrected chi connectivity index (χ0v) is 18.4. The lowest BCUT2D eigenvalue weighted by molar-refractivity contribution is -0.122. The van der Waals surface area contributed by atoms with Crippen molar-refractivity contribution >= 4 is 40.3 Å². The van der Waals surface area contributed by atoms with Crippen molar-refractivity contribution < 1.29 is 9.59 Å². The van der Waals surface area contributed by atoms with Gasteiger partial charge in [0.25, 0.3) is 0 Å². The highest BCUT2D eigenvalue weighted by Crippen LogP contribution is 2.25. The second kappa shape index (κ2) is 9.53. The van der Waals surface area contributed by atoms with E-state index in [4.69, 9.17) is 5.73 Å². The molecule has 4 rings (SSSR count). The molecule has 8 heteroatoms. The largest absolute Gasteiger partial charge is 0.368 e. The molecular formula is C23H27N5O2S. The van der Waals surface area contributed by atoms with Crippen molar-refractivity contribution in [3.05, 3.63) is 54.1 Å². The molecule has 3 aromatic rings. The number of benzene rings is 2. The summed E-state index contributed by atoms with van der Waals surface area (Å²) in [5.41, 5.74) is 9.34. The van der Waals surface area contributed by atoms with E-state index in [1.165, 1.54) is 11.8 Å². The third-order valence-electron chi connectivity index (χ3n) is 5.56. The number of nitrogens with two attached hydrogens (primary N) is 1. The van der Waals surface area contributed by atoms with E-state index < -0.39 is 0 Å². The molecule has 1 aromatic heterocycles. The summed E-state index contributed by atoms with van der Waals surface area (Å²) in [7, 11) is 0. The van der Waals surface area contributed by atoms with Crippen LogP contribution in [0.3, 0.4) is 0 Å². The molecule has 2 amide bonds. The molecule has 7 nitrogen and oxygen atoms in total. The van der Waals surface area contributed by atoms with Crippen molar-refractivity contribution in [1.29, 1.82) is 0 Å².